The van der Waals surface area contributed by atoms with Crippen LogP contribution in [0.3, 0.4) is 0 Å². The Morgan fingerprint density at radius 2 is 2.14 bits per heavy atom. The quantitative estimate of drug-likeness (QED) is 0.749. The summed E-state index contributed by atoms with van der Waals surface area (Å²) in [7, 11) is 0. The smallest absolute Gasteiger partial charge is 0.125 e. The first kappa shape index (κ1) is 15.1. The molecule has 5 nitrogen and oxygen atoms in total. The standard InChI is InChI=1S/C15H16ClN5S/c1-9(17)6-12-13(16)14-15(22-12)11(8-20-21-14)19-7-10-2-4-18-5-3-10/h2-5,8-9H,6-7,17H2,1H3,(H,19,21)/t9-/m0/s1. The molecule has 0 unspecified atom stereocenters. The molecule has 0 saturated carbocycles. The predicted molar refractivity (Wildman–Crippen MR) is 91.3 cm³/mol. The number of pyridine rings is 1. The maximum Gasteiger partial charge on any atom is 0.125 e. The summed E-state index contributed by atoms with van der Waals surface area (Å²) in [6, 6.07) is 4.01. The van der Waals surface area contributed by atoms with Crippen molar-refractivity contribution in [2.45, 2.75) is 25.9 Å². The van der Waals surface area contributed by atoms with E-state index in [9.17, 15) is 0 Å². The van der Waals surface area contributed by atoms with E-state index in [0.29, 0.717) is 11.6 Å². The monoisotopic (exact) mass is 333 g/mol. The summed E-state index contributed by atoms with van der Waals surface area (Å²) in [5.41, 5.74) is 8.70. The molecule has 1 atom stereocenters. The number of nitrogens with two attached hydrogens (primary N) is 1. The molecule has 0 aromatic carbocycles. The van der Waals surface area contributed by atoms with Gasteiger partial charge in [0.25, 0.3) is 0 Å². The fraction of sp³-hybridized carbons (Fsp3) is 0.267. The van der Waals surface area contributed by atoms with Gasteiger partial charge >= 0.3 is 0 Å². The molecule has 0 spiro atoms. The topological polar surface area (TPSA) is 76.7 Å². The number of aromatic nitrogens is 3. The molecule has 0 aliphatic rings. The van der Waals surface area contributed by atoms with E-state index in [4.69, 9.17) is 17.3 Å². The van der Waals surface area contributed by atoms with E-state index in [2.05, 4.69) is 20.5 Å². The Hall–Kier alpha value is -1.76. The van der Waals surface area contributed by atoms with Crippen LogP contribution in [0.1, 0.15) is 17.4 Å². The van der Waals surface area contributed by atoms with Crippen molar-refractivity contribution in [2.75, 3.05) is 5.32 Å². The fourth-order valence-electron chi connectivity index (χ4n) is 2.17. The molecule has 3 N–H and O–H groups in total. The number of hydrogen-bond donors (Lipinski definition) is 2. The van der Waals surface area contributed by atoms with Crippen molar-refractivity contribution in [1.29, 1.82) is 0 Å². The first-order chi connectivity index (χ1) is 10.6. The number of nitrogens with one attached hydrogen (secondary N) is 1. The van der Waals surface area contributed by atoms with Gasteiger partial charge in [-0.15, -0.1) is 16.4 Å². The molecule has 0 aliphatic heterocycles. The lowest BCUT2D eigenvalue weighted by molar-refractivity contribution is 0.747. The number of nitrogens with zero attached hydrogens (tertiary/aromatic N) is 3. The molecule has 0 aliphatic carbocycles. The number of rotatable bonds is 5. The van der Waals surface area contributed by atoms with Gasteiger partial charge in [-0.3, -0.25) is 4.98 Å². The Morgan fingerprint density at radius 3 is 2.86 bits per heavy atom. The molecular formula is C15H16ClN5S. The van der Waals surface area contributed by atoms with Gasteiger partial charge in [-0.2, -0.15) is 5.10 Å². The van der Waals surface area contributed by atoms with E-state index in [1.807, 2.05) is 19.1 Å². The SMILES string of the molecule is C[C@H](N)Cc1sc2c(NCc3ccncc3)cnnc2c1Cl. The fourth-order valence-corrected chi connectivity index (χ4v) is 3.80. The van der Waals surface area contributed by atoms with Crippen LogP contribution in [0.5, 0.6) is 0 Å². The highest BCUT2D eigenvalue weighted by Crippen LogP contribution is 2.38. The third-order valence-electron chi connectivity index (χ3n) is 3.22. The molecule has 114 valence electrons. The van der Waals surface area contributed by atoms with Gasteiger partial charge in [-0.1, -0.05) is 11.6 Å². The van der Waals surface area contributed by atoms with Crippen LogP contribution in [0, 0.1) is 0 Å². The Bertz CT molecular complexity index is 772. The lowest BCUT2D eigenvalue weighted by atomic mass is 10.2. The van der Waals surface area contributed by atoms with Crippen molar-refractivity contribution in [1.82, 2.24) is 15.2 Å². The van der Waals surface area contributed by atoms with Gasteiger partial charge in [0, 0.05) is 29.9 Å². The lowest BCUT2D eigenvalue weighted by Gasteiger charge is -2.06. The second-order valence-corrected chi connectivity index (χ2v) is 6.65. The number of anilines is 1. The summed E-state index contributed by atoms with van der Waals surface area (Å²) in [5, 5.41) is 12.3. The van der Waals surface area contributed by atoms with Crippen LogP contribution in [-0.2, 0) is 13.0 Å². The number of thiophene rings is 1. The van der Waals surface area contributed by atoms with Crippen LogP contribution in [0.4, 0.5) is 5.69 Å². The predicted octanol–water partition coefficient (Wildman–Crippen LogP) is 3.24. The Labute approximate surface area is 137 Å². The lowest BCUT2D eigenvalue weighted by Crippen LogP contribution is -2.17. The van der Waals surface area contributed by atoms with E-state index in [-0.39, 0.29) is 6.04 Å². The van der Waals surface area contributed by atoms with Gasteiger partial charge in [0.15, 0.2) is 0 Å². The van der Waals surface area contributed by atoms with Crippen LogP contribution >= 0.6 is 22.9 Å². The van der Waals surface area contributed by atoms with Crippen molar-refractivity contribution >= 4 is 38.8 Å². The molecule has 3 aromatic rings. The van der Waals surface area contributed by atoms with Gasteiger partial charge in [-0.05, 0) is 31.0 Å². The second kappa shape index (κ2) is 6.56. The Balaban J connectivity index is 1.89. The van der Waals surface area contributed by atoms with Crippen LogP contribution < -0.4 is 11.1 Å². The van der Waals surface area contributed by atoms with E-state index >= 15 is 0 Å². The minimum absolute atomic E-state index is 0.0618. The summed E-state index contributed by atoms with van der Waals surface area (Å²) in [5.74, 6) is 0. The maximum absolute atomic E-state index is 6.41. The second-order valence-electron chi connectivity index (χ2n) is 5.17. The van der Waals surface area contributed by atoms with Gasteiger partial charge in [0.2, 0.25) is 0 Å². The number of hydrogen-bond acceptors (Lipinski definition) is 6. The first-order valence-electron chi connectivity index (χ1n) is 6.96. The highest BCUT2D eigenvalue weighted by molar-refractivity contribution is 7.20. The third-order valence-corrected chi connectivity index (χ3v) is 4.98. The van der Waals surface area contributed by atoms with Crippen LogP contribution in [0.2, 0.25) is 5.02 Å². The van der Waals surface area contributed by atoms with Crippen molar-refractivity contribution in [3.63, 3.8) is 0 Å². The molecule has 0 fully saturated rings. The zero-order valence-corrected chi connectivity index (χ0v) is 13.7. The molecule has 22 heavy (non-hydrogen) atoms. The molecule has 3 aromatic heterocycles. The molecule has 0 saturated heterocycles. The summed E-state index contributed by atoms with van der Waals surface area (Å²) in [6.07, 6.45) is 6.02. The minimum atomic E-state index is 0.0618. The highest BCUT2D eigenvalue weighted by Gasteiger charge is 2.16. The highest BCUT2D eigenvalue weighted by atomic mass is 35.5. The molecule has 3 rings (SSSR count). The van der Waals surface area contributed by atoms with Gasteiger partial charge in [0.1, 0.15) is 5.52 Å². The molecule has 0 amide bonds. The van der Waals surface area contributed by atoms with Crippen LogP contribution in [-0.4, -0.2) is 21.2 Å². The van der Waals surface area contributed by atoms with Gasteiger partial charge in [0.05, 0.1) is 21.6 Å². The molecule has 3 heterocycles. The zero-order valence-electron chi connectivity index (χ0n) is 12.1. The normalized spacial score (nSPS) is 12.5. The van der Waals surface area contributed by atoms with E-state index < -0.39 is 0 Å². The Morgan fingerprint density at radius 1 is 1.36 bits per heavy atom. The maximum atomic E-state index is 6.41. The molecular weight excluding hydrogens is 318 g/mol. The molecule has 7 heteroatoms. The summed E-state index contributed by atoms with van der Waals surface area (Å²) >= 11 is 8.03. The van der Waals surface area contributed by atoms with Gasteiger partial charge < -0.3 is 11.1 Å². The third kappa shape index (κ3) is 3.19. The van der Waals surface area contributed by atoms with E-state index in [0.717, 1.165) is 32.8 Å². The Kier molecular flexibility index (Phi) is 4.52. The first-order valence-corrected chi connectivity index (χ1v) is 8.15. The van der Waals surface area contributed by atoms with Crippen molar-refractivity contribution in [3.8, 4) is 0 Å². The zero-order chi connectivity index (χ0) is 15.5. The number of fused-ring (bicyclic) bond motifs is 1. The van der Waals surface area contributed by atoms with Crippen molar-refractivity contribution in [2.24, 2.45) is 5.73 Å². The summed E-state index contributed by atoms with van der Waals surface area (Å²) in [4.78, 5) is 5.07. The van der Waals surface area contributed by atoms with E-state index in [1.165, 1.54) is 0 Å². The minimum Gasteiger partial charge on any atom is -0.378 e. The van der Waals surface area contributed by atoms with Crippen molar-refractivity contribution in [3.05, 3.63) is 46.2 Å². The average molecular weight is 334 g/mol. The van der Waals surface area contributed by atoms with Crippen molar-refractivity contribution < 1.29 is 0 Å². The summed E-state index contributed by atoms with van der Waals surface area (Å²) in [6.45, 7) is 2.66. The largest absolute Gasteiger partial charge is 0.378 e. The summed E-state index contributed by atoms with van der Waals surface area (Å²) < 4.78 is 1.02. The number of halogens is 1. The van der Waals surface area contributed by atoms with Crippen LogP contribution in [0.25, 0.3) is 10.2 Å². The van der Waals surface area contributed by atoms with E-state index in [1.54, 1.807) is 29.9 Å². The van der Waals surface area contributed by atoms with Crippen LogP contribution in [0.15, 0.2) is 30.7 Å². The molecule has 0 bridgehead atoms. The van der Waals surface area contributed by atoms with Gasteiger partial charge in [-0.25, -0.2) is 0 Å². The molecule has 0 radical (unpaired) electrons. The average Bonchev–Trinajstić information content (AvgIpc) is 2.83.